The highest BCUT2D eigenvalue weighted by Gasteiger charge is 2.40. The SMILES string of the molecule is CC(C)(C)N1CCC1.CC(C)(C)N1CCCC1.CC(C)(C)N1CCCCC1.CC(C)(C)N1CCCCC1.CC(C)N1CCN(C(C)(C)C)CC1.CC1(F)CCN(C(C)(C)C)C1.CC1CC(C)CN(C(C)(C)C)C1.CC1CCN(C(C)(C)C)C1.CC1CCN(C(C)(C)C)C1.CN1CCCN(C(C)(C)C)CC1.CN1CCN(C(C)(C)C)CC1.COC1CCN(C(C)(C)C)CC1.COC1CN(C(C)(C)C)C1. The van der Waals surface area contributed by atoms with E-state index in [0.717, 1.165) is 43.3 Å². The van der Waals surface area contributed by atoms with Gasteiger partial charge in [-0.25, -0.2) is 4.39 Å². The lowest BCUT2D eigenvalue weighted by Gasteiger charge is -2.46. The van der Waals surface area contributed by atoms with E-state index in [4.69, 9.17) is 9.47 Å². The highest BCUT2D eigenvalue weighted by molar-refractivity contribution is 4.95. The molecule has 13 aliphatic rings. The first-order valence-corrected chi connectivity index (χ1v) is 57.2. The maximum absolute atomic E-state index is 13.3. The molecule has 0 N–H and O–H groups in total. The van der Waals surface area contributed by atoms with E-state index in [2.05, 4.69) is 404 Å². The van der Waals surface area contributed by atoms with Gasteiger partial charge in [0, 0.05) is 223 Å². The van der Waals surface area contributed by atoms with Crippen molar-refractivity contribution in [2.75, 3.05) is 238 Å². The van der Waals surface area contributed by atoms with Crippen molar-refractivity contribution in [3.8, 4) is 0 Å². The maximum atomic E-state index is 13.3. The van der Waals surface area contributed by atoms with Crippen molar-refractivity contribution < 1.29 is 13.9 Å². The average molecular weight is 1960 g/mol. The zero-order chi connectivity index (χ0) is 107. The molecular formula is C119H253FN16O2. The number of nitrogens with zero attached hydrogens (tertiary/aromatic N) is 16. The number of ether oxygens (including phenoxy) is 2. The predicted molar refractivity (Wildman–Crippen MR) is 611 cm³/mol. The summed E-state index contributed by atoms with van der Waals surface area (Å²) in [5.41, 5.74) is 3.70. The minimum absolute atomic E-state index is 0.129. The molecular weight excluding hydrogens is 1700 g/mol. The Morgan fingerprint density at radius 3 is 0.681 bits per heavy atom. The van der Waals surface area contributed by atoms with E-state index >= 15 is 0 Å². The van der Waals surface area contributed by atoms with Crippen molar-refractivity contribution in [2.45, 2.75) is 517 Å². The third-order valence-electron chi connectivity index (χ3n) is 31.4. The predicted octanol–water partition coefficient (Wildman–Crippen LogP) is 24.4. The molecule has 0 aromatic rings. The summed E-state index contributed by atoms with van der Waals surface area (Å²) in [6.07, 6.45) is 22.2. The molecule has 0 spiro atoms. The van der Waals surface area contributed by atoms with Crippen molar-refractivity contribution in [1.29, 1.82) is 0 Å². The summed E-state index contributed by atoms with van der Waals surface area (Å²) in [7, 11) is 8.01. The Morgan fingerprint density at radius 2 is 0.457 bits per heavy atom. The van der Waals surface area contributed by atoms with Gasteiger partial charge in [-0.1, -0.05) is 40.5 Å². The molecule has 13 heterocycles. The number of piperidine rings is 4. The van der Waals surface area contributed by atoms with Crippen LogP contribution in [-0.4, -0.2) is 412 Å². The molecule has 0 saturated carbocycles. The highest BCUT2D eigenvalue weighted by Crippen LogP contribution is 2.33. The molecule has 0 aromatic heterocycles. The average Bonchev–Trinajstić information content (AvgIpc) is 1.71. The van der Waals surface area contributed by atoms with Gasteiger partial charge in [0.15, 0.2) is 0 Å². The molecule has 13 aliphatic heterocycles. The van der Waals surface area contributed by atoms with Crippen LogP contribution in [0.15, 0.2) is 0 Å². The van der Waals surface area contributed by atoms with Crippen LogP contribution in [0.25, 0.3) is 0 Å². The van der Waals surface area contributed by atoms with Gasteiger partial charge in [0.05, 0.1) is 12.2 Å². The summed E-state index contributed by atoms with van der Waals surface area (Å²) in [4.78, 5) is 40.2. The zero-order valence-corrected chi connectivity index (χ0v) is 103. The molecule has 0 amide bonds. The Bertz CT molecular complexity index is 2930. The van der Waals surface area contributed by atoms with Gasteiger partial charge in [-0.3, -0.25) is 68.6 Å². The van der Waals surface area contributed by atoms with Crippen LogP contribution in [0.2, 0.25) is 0 Å². The monoisotopic (exact) mass is 1960 g/mol. The van der Waals surface area contributed by atoms with E-state index in [1.807, 2.05) is 7.11 Å². The van der Waals surface area contributed by atoms with Gasteiger partial charge in [0.25, 0.3) is 0 Å². The summed E-state index contributed by atoms with van der Waals surface area (Å²) in [6, 6.07) is 0.710. The second-order valence-corrected chi connectivity index (χ2v) is 58.2. The van der Waals surface area contributed by atoms with Crippen molar-refractivity contribution in [3.63, 3.8) is 0 Å². The molecule has 5 atom stereocenters. The molecule has 0 aromatic carbocycles. The van der Waals surface area contributed by atoms with Crippen molar-refractivity contribution in [1.82, 2.24) is 78.4 Å². The largest absolute Gasteiger partial charge is 0.381 e. The minimum Gasteiger partial charge on any atom is -0.381 e. The topological polar surface area (TPSA) is 70.3 Å². The Hall–Kier alpha value is -0.790. The van der Waals surface area contributed by atoms with Crippen molar-refractivity contribution in [3.05, 3.63) is 0 Å². The van der Waals surface area contributed by atoms with Gasteiger partial charge in [-0.15, -0.1) is 0 Å². The molecule has 0 aliphatic carbocycles. The van der Waals surface area contributed by atoms with Gasteiger partial charge in [-0.2, -0.15) is 0 Å². The molecule has 19 heteroatoms. The lowest BCUT2D eigenvalue weighted by molar-refractivity contribution is -0.0702. The van der Waals surface area contributed by atoms with Crippen molar-refractivity contribution >= 4 is 0 Å². The number of methoxy groups -OCH3 is 2. The first-order chi connectivity index (χ1) is 62.6. The Labute approximate surface area is 865 Å². The highest BCUT2D eigenvalue weighted by atomic mass is 19.1. The Balaban J connectivity index is 0.000000749. The van der Waals surface area contributed by atoms with Gasteiger partial charge in [0.2, 0.25) is 0 Å². The fraction of sp³-hybridized carbons (Fsp3) is 1.00. The van der Waals surface area contributed by atoms with E-state index < -0.39 is 5.67 Å². The zero-order valence-electron chi connectivity index (χ0n) is 103. The van der Waals surface area contributed by atoms with Gasteiger partial charge in [0.1, 0.15) is 5.67 Å². The van der Waals surface area contributed by atoms with Crippen LogP contribution in [0, 0.1) is 23.7 Å². The second-order valence-electron chi connectivity index (χ2n) is 58.2. The van der Waals surface area contributed by atoms with Crippen LogP contribution in [-0.2, 0) is 9.47 Å². The number of likely N-dealkylation sites (tertiary alicyclic amines) is 10. The van der Waals surface area contributed by atoms with Gasteiger partial charge < -0.3 is 19.3 Å². The summed E-state index contributed by atoms with van der Waals surface area (Å²) >= 11 is 0. The van der Waals surface area contributed by atoms with Crippen LogP contribution in [0.4, 0.5) is 4.39 Å². The van der Waals surface area contributed by atoms with Crippen molar-refractivity contribution in [2.24, 2.45) is 23.7 Å². The van der Waals surface area contributed by atoms with E-state index in [1.54, 1.807) is 14.0 Å². The van der Waals surface area contributed by atoms with Crippen LogP contribution in [0.1, 0.15) is 421 Å². The number of halogens is 1. The molecule has 5 unspecified atom stereocenters. The van der Waals surface area contributed by atoms with Crippen LogP contribution < -0.4 is 0 Å². The van der Waals surface area contributed by atoms with E-state index in [0.29, 0.717) is 97.7 Å². The third kappa shape index (κ3) is 58.4. The number of likely N-dealkylation sites (N-methyl/N-ethyl adjacent to an activating group) is 2. The molecule has 13 rings (SSSR count). The standard InChI is InChI=1S/C11H24N2.C11H23N.C10H22N2.C10H21NO.C9H18FN.C9H20N2.4C9H19N.C8H17NO.C8H17N.C7H15N/c1-10(2)12-6-8-13(9-7-12)11(3,4)5;1-9-6-10(2)8-12(7-9)11(3,4)5;1-10(2,3)12-7-5-6-11(4)8-9-12;1-10(2,3)11-7-5-9(12-4)6-8-11;1-8(2,3)11-6-5-9(4,10)7-11;1-9(2,3)11-7-5-10(4)6-8-11;2*1-8-5-6-10(7-8)9(2,3)4;2*1-9(2,3)10-7-5-4-6-8-10;1-8(2,3)9-5-7(6-9)10-4;1-8(2,3)9-6-4-5-7-9;1-7(2,3)8-5-4-6-8/h10H,6-9H2,1-5H3;9-10H,6-8H2,1-5H3;5-9H2,1-4H3;9H,5-8H2,1-4H3;5-7H2,1-4H3;5-8H2,1-4H3;2*8H,5-7H2,1-4H3;2*4-8H2,1-3H3;7H,5-6H2,1-4H3;4-7H2,1-3H3;4-6H2,1-3H3. The molecule has 0 bridgehead atoms. The third-order valence-corrected chi connectivity index (χ3v) is 31.4. The first kappa shape index (κ1) is 135. The van der Waals surface area contributed by atoms with E-state index in [9.17, 15) is 4.39 Å². The van der Waals surface area contributed by atoms with E-state index in [-0.39, 0.29) is 5.54 Å². The normalized spacial score (nSPS) is 25.9. The number of piperazine rings is 2. The first-order valence-electron chi connectivity index (χ1n) is 57.2. The lowest BCUT2D eigenvalue weighted by atomic mass is 9.88. The number of alkyl halides is 1. The summed E-state index contributed by atoms with van der Waals surface area (Å²) in [5.74, 6) is 3.60. The molecule has 0 radical (unpaired) electrons. The smallest absolute Gasteiger partial charge is 0.122 e. The van der Waals surface area contributed by atoms with Gasteiger partial charge >= 0.3 is 0 Å². The summed E-state index contributed by atoms with van der Waals surface area (Å²) < 4.78 is 23.8. The number of hydrogen-bond acceptors (Lipinski definition) is 18. The van der Waals surface area contributed by atoms with Crippen LogP contribution >= 0.6 is 0 Å². The van der Waals surface area contributed by atoms with Crippen LogP contribution in [0.5, 0.6) is 0 Å². The fourth-order valence-electron chi connectivity index (χ4n) is 20.3. The molecule has 18 nitrogen and oxygen atoms in total. The Kier molecular flexibility index (Phi) is 59.7. The summed E-state index contributed by atoms with van der Waals surface area (Å²) in [5, 5.41) is 0. The quantitative estimate of drug-likeness (QED) is 0.269. The molecule has 13 saturated heterocycles. The minimum atomic E-state index is -0.951. The van der Waals surface area contributed by atoms with E-state index in [1.165, 1.54) is 280 Å². The number of hydrogen-bond donors (Lipinski definition) is 0. The lowest BCUT2D eigenvalue weighted by Crippen LogP contribution is -2.59. The number of rotatable bonds is 3. The molecule has 13 fully saturated rings. The molecule has 828 valence electrons. The van der Waals surface area contributed by atoms with Crippen LogP contribution in [0.3, 0.4) is 0 Å². The van der Waals surface area contributed by atoms with Gasteiger partial charge in [-0.05, 0) is 497 Å². The second kappa shape index (κ2) is 60.9. The molecule has 138 heavy (non-hydrogen) atoms. The summed E-state index contributed by atoms with van der Waals surface area (Å²) in [6.45, 7) is 144. The fourth-order valence-corrected chi connectivity index (χ4v) is 20.3. The maximum Gasteiger partial charge on any atom is 0.122 e. The Morgan fingerprint density at radius 1 is 0.232 bits per heavy atom.